The molecule has 2 aliphatic heterocycles. The van der Waals surface area contributed by atoms with Crippen molar-refractivity contribution in [1.29, 1.82) is 0 Å². The Morgan fingerprint density at radius 1 is 1.08 bits per heavy atom. The van der Waals surface area contributed by atoms with Gasteiger partial charge in [-0.15, -0.1) is 11.3 Å². The number of aryl methyl sites for hydroxylation is 1. The molecule has 1 aromatic carbocycles. The van der Waals surface area contributed by atoms with Crippen LogP contribution in [0.25, 0.3) is 21.7 Å². The highest BCUT2D eigenvalue weighted by Gasteiger charge is 2.43. The minimum absolute atomic E-state index is 0.0195. The van der Waals surface area contributed by atoms with E-state index in [0.29, 0.717) is 11.8 Å². The van der Waals surface area contributed by atoms with Gasteiger partial charge in [0, 0.05) is 48.6 Å². The van der Waals surface area contributed by atoms with E-state index in [2.05, 4.69) is 45.6 Å². The number of benzene rings is 1. The van der Waals surface area contributed by atoms with E-state index >= 15 is 0 Å². The van der Waals surface area contributed by atoms with Crippen molar-refractivity contribution in [3.05, 3.63) is 47.0 Å². The number of nitrogens with zero attached hydrogens (tertiary/aromatic N) is 2. The number of fused-ring (bicyclic) bond motifs is 4. The van der Waals surface area contributed by atoms with Crippen LogP contribution in [0.2, 0.25) is 0 Å². The van der Waals surface area contributed by atoms with E-state index in [1.54, 1.807) is 25.4 Å². The summed E-state index contributed by atoms with van der Waals surface area (Å²) in [5.41, 5.74) is 5.25. The zero-order valence-corrected chi connectivity index (χ0v) is 23.3. The predicted octanol–water partition coefficient (Wildman–Crippen LogP) is 5.22. The third-order valence-corrected chi connectivity index (χ3v) is 9.06. The molecule has 3 aromatic rings. The SMILES string of the molecule is COc1cc2c(cc1OC(C)C)-c1c(-c3cccs3)cc(C(=O)N3CC4CC(NC(C)=O)CC4C3)n1CC2. The maximum atomic E-state index is 14.0. The summed E-state index contributed by atoms with van der Waals surface area (Å²) < 4.78 is 14.0. The van der Waals surface area contributed by atoms with Gasteiger partial charge >= 0.3 is 0 Å². The van der Waals surface area contributed by atoms with Gasteiger partial charge in [-0.2, -0.15) is 0 Å². The Morgan fingerprint density at radius 3 is 2.47 bits per heavy atom. The molecular weight excluding hydrogens is 498 g/mol. The molecule has 3 aliphatic rings. The summed E-state index contributed by atoms with van der Waals surface area (Å²) in [4.78, 5) is 28.7. The Kier molecular flexibility index (Phi) is 6.46. The zero-order valence-electron chi connectivity index (χ0n) is 22.5. The molecule has 2 aromatic heterocycles. The summed E-state index contributed by atoms with van der Waals surface area (Å²) in [5.74, 6) is 2.51. The molecule has 2 unspecified atom stereocenters. The van der Waals surface area contributed by atoms with E-state index in [-0.39, 0.29) is 24.0 Å². The number of carbonyl (C=O) groups excluding carboxylic acids is 2. The van der Waals surface area contributed by atoms with E-state index < -0.39 is 0 Å². The number of methoxy groups -OCH3 is 1. The monoisotopic (exact) mass is 533 g/mol. The second-order valence-electron chi connectivity index (χ2n) is 11.1. The molecule has 0 spiro atoms. The summed E-state index contributed by atoms with van der Waals surface area (Å²) in [5, 5.41) is 5.16. The summed E-state index contributed by atoms with van der Waals surface area (Å²) in [6.07, 6.45) is 2.75. The number of thiophene rings is 1. The topological polar surface area (TPSA) is 72.8 Å². The molecule has 0 bridgehead atoms. The number of hydrogen-bond donors (Lipinski definition) is 1. The lowest BCUT2D eigenvalue weighted by Gasteiger charge is -2.26. The van der Waals surface area contributed by atoms with Crippen LogP contribution in [0.4, 0.5) is 0 Å². The largest absolute Gasteiger partial charge is 0.493 e. The molecule has 4 heterocycles. The molecule has 1 aliphatic carbocycles. The summed E-state index contributed by atoms with van der Waals surface area (Å²) in [7, 11) is 1.68. The van der Waals surface area contributed by atoms with Gasteiger partial charge in [-0.25, -0.2) is 0 Å². The van der Waals surface area contributed by atoms with Crippen molar-refractivity contribution < 1.29 is 19.1 Å². The first-order valence-electron chi connectivity index (χ1n) is 13.5. The lowest BCUT2D eigenvalue weighted by Crippen LogP contribution is -2.35. The average Bonchev–Trinajstić information content (AvgIpc) is 3.65. The Labute approximate surface area is 227 Å². The van der Waals surface area contributed by atoms with Crippen molar-refractivity contribution in [3.8, 4) is 33.2 Å². The molecule has 2 amide bonds. The normalized spacial score (nSPS) is 21.7. The highest BCUT2D eigenvalue weighted by atomic mass is 32.1. The molecule has 38 heavy (non-hydrogen) atoms. The van der Waals surface area contributed by atoms with Crippen LogP contribution in [0.1, 0.15) is 49.7 Å². The molecule has 8 heteroatoms. The fourth-order valence-electron chi connectivity index (χ4n) is 6.67. The van der Waals surface area contributed by atoms with Crippen LogP contribution in [0.5, 0.6) is 11.5 Å². The Hall–Kier alpha value is -3.26. The first kappa shape index (κ1) is 25.0. The van der Waals surface area contributed by atoms with Crippen molar-refractivity contribution in [1.82, 2.24) is 14.8 Å². The molecule has 0 radical (unpaired) electrons. The van der Waals surface area contributed by atoms with Gasteiger partial charge in [-0.3, -0.25) is 9.59 Å². The summed E-state index contributed by atoms with van der Waals surface area (Å²) in [6.45, 7) is 7.87. The van der Waals surface area contributed by atoms with Gasteiger partial charge in [0.1, 0.15) is 5.69 Å². The van der Waals surface area contributed by atoms with Crippen LogP contribution in [-0.4, -0.2) is 53.6 Å². The Morgan fingerprint density at radius 2 is 1.84 bits per heavy atom. The maximum Gasteiger partial charge on any atom is 0.270 e. The van der Waals surface area contributed by atoms with Crippen molar-refractivity contribution >= 4 is 23.2 Å². The van der Waals surface area contributed by atoms with Gasteiger partial charge in [0.15, 0.2) is 11.5 Å². The fraction of sp³-hybridized carbons (Fsp3) is 0.467. The van der Waals surface area contributed by atoms with E-state index in [9.17, 15) is 9.59 Å². The highest BCUT2D eigenvalue weighted by Crippen LogP contribution is 2.46. The predicted molar refractivity (Wildman–Crippen MR) is 149 cm³/mol. The lowest BCUT2D eigenvalue weighted by molar-refractivity contribution is -0.119. The van der Waals surface area contributed by atoms with E-state index in [0.717, 1.165) is 77.8 Å². The fourth-order valence-corrected chi connectivity index (χ4v) is 7.41. The van der Waals surface area contributed by atoms with Gasteiger partial charge in [0.25, 0.3) is 5.91 Å². The molecule has 1 N–H and O–H groups in total. The third-order valence-electron chi connectivity index (χ3n) is 8.16. The lowest BCUT2D eigenvalue weighted by atomic mass is 9.95. The van der Waals surface area contributed by atoms with Crippen molar-refractivity contribution in [2.75, 3.05) is 20.2 Å². The van der Waals surface area contributed by atoms with Gasteiger partial charge in [0.2, 0.25) is 5.91 Å². The number of aromatic nitrogens is 1. The van der Waals surface area contributed by atoms with Crippen LogP contribution in [0.3, 0.4) is 0 Å². The van der Waals surface area contributed by atoms with Crippen molar-refractivity contribution in [2.45, 2.75) is 58.7 Å². The molecule has 1 saturated heterocycles. The van der Waals surface area contributed by atoms with Crippen LogP contribution in [0.15, 0.2) is 35.7 Å². The smallest absolute Gasteiger partial charge is 0.270 e. The number of amides is 2. The standard InChI is InChI=1S/C30H35N3O4S/c1-17(2)37-27-14-23-19(12-26(27)36-4)7-8-33-25(13-24(29(23)33)28-6-5-9-38-28)30(35)32-15-20-10-22(31-18(3)34)11-21(20)16-32/h5-6,9,12-14,17,20-22H,7-8,10-11,15-16H2,1-4H3,(H,31,34). The van der Waals surface area contributed by atoms with Gasteiger partial charge in [0.05, 0.1) is 18.9 Å². The molecule has 2 fully saturated rings. The van der Waals surface area contributed by atoms with Crippen LogP contribution in [0, 0.1) is 11.8 Å². The number of rotatable bonds is 6. The number of hydrogen-bond acceptors (Lipinski definition) is 5. The Balaban J connectivity index is 1.36. The first-order chi connectivity index (χ1) is 18.3. The average molecular weight is 534 g/mol. The summed E-state index contributed by atoms with van der Waals surface area (Å²) >= 11 is 1.69. The zero-order chi connectivity index (χ0) is 26.6. The van der Waals surface area contributed by atoms with Gasteiger partial charge in [-0.1, -0.05) is 6.07 Å². The van der Waals surface area contributed by atoms with Crippen LogP contribution >= 0.6 is 11.3 Å². The second kappa shape index (κ2) is 9.80. The minimum atomic E-state index is 0.0195. The number of ether oxygens (including phenoxy) is 2. The second-order valence-corrected chi connectivity index (χ2v) is 12.0. The van der Waals surface area contributed by atoms with E-state index in [1.165, 1.54) is 5.56 Å². The van der Waals surface area contributed by atoms with Crippen molar-refractivity contribution in [2.24, 2.45) is 11.8 Å². The minimum Gasteiger partial charge on any atom is -0.493 e. The molecule has 7 nitrogen and oxygen atoms in total. The number of likely N-dealkylation sites (tertiary alicyclic amines) is 1. The van der Waals surface area contributed by atoms with Gasteiger partial charge < -0.3 is 24.3 Å². The van der Waals surface area contributed by atoms with Crippen LogP contribution < -0.4 is 14.8 Å². The molecule has 200 valence electrons. The molecule has 1 saturated carbocycles. The van der Waals surface area contributed by atoms with E-state index in [1.807, 2.05) is 18.7 Å². The van der Waals surface area contributed by atoms with Crippen molar-refractivity contribution in [3.63, 3.8) is 0 Å². The summed E-state index contributed by atoms with van der Waals surface area (Å²) in [6, 6.07) is 10.7. The van der Waals surface area contributed by atoms with Gasteiger partial charge in [-0.05, 0) is 80.2 Å². The number of nitrogens with one attached hydrogen (secondary N) is 1. The Bertz CT molecular complexity index is 1360. The number of carbonyl (C=O) groups is 2. The third kappa shape index (κ3) is 4.38. The first-order valence-corrected chi connectivity index (χ1v) is 14.4. The molecule has 2 atom stereocenters. The highest BCUT2D eigenvalue weighted by molar-refractivity contribution is 7.13. The quantitative estimate of drug-likeness (QED) is 0.472. The van der Waals surface area contributed by atoms with Crippen LogP contribution in [-0.2, 0) is 17.8 Å². The molecular formula is C30H35N3O4S. The van der Waals surface area contributed by atoms with E-state index in [4.69, 9.17) is 9.47 Å². The molecule has 6 rings (SSSR count). The maximum absolute atomic E-state index is 14.0.